The standard InChI is InChI=1S/C25H27FN6O2/c1-14(17-12-24(2)9-10-25(3,31-24)21(17)26)18-7-8-19(30-29-18)16-6-5-15(11-20(16)33)22-27-13-32(4)23(34)28-22/h5-8,11,13,17,21,31,33H,1,9-10,12H2,2-4H3/t17-,21+,24+,25-/m0/s1. The Morgan fingerprint density at radius 2 is 2.03 bits per heavy atom. The van der Waals surface area contributed by atoms with Crippen LogP contribution in [0.5, 0.6) is 5.75 Å². The van der Waals surface area contributed by atoms with Gasteiger partial charge in [-0.15, -0.1) is 5.10 Å². The van der Waals surface area contributed by atoms with Crippen molar-refractivity contribution in [3.8, 4) is 28.4 Å². The van der Waals surface area contributed by atoms with Gasteiger partial charge in [0.1, 0.15) is 18.2 Å². The number of rotatable bonds is 4. The molecule has 3 aromatic rings. The van der Waals surface area contributed by atoms with E-state index < -0.39 is 17.4 Å². The molecule has 0 radical (unpaired) electrons. The van der Waals surface area contributed by atoms with Crippen molar-refractivity contribution in [3.05, 3.63) is 59.4 Å². The van der Waals surface area contributed by atoms with Gasteiger partial charge in [-0.1, -0.05) is 12.6 Å². The van der Waals surface area contributed by atoms with Gasteiger partial charge in [0.05, 0.1) is 11.4 Å². The average Bonchev–Trinajstić information content (AvgIpc) is 3.09. The van der Waals surface area contributed by atoms with E-state index in [9.17, 15) is 9.90 Å². The predicted molar refractivity (Wildman–Crippen MR) is 127 cm³/mol. The zero-order chi connectivity index (χ0) is 24.3. The monoisotopic (exact) mass is 462 g/mol. The lowest BCUT2D eigenvalue weighted by Crippen LogP contribution is -2.60. The van der Waals surface area contributed by atoms with Gasteiger partial charge in [0.2, 0.25) is 0 Å². The number of nitrogens with one attached hydrogen (secondary N) is 1. The highest BCUT2D eigenvalue weighted by atomic mass is 19.1. The number of fused-ring (bicyclic) bond motifs is 2. The second-order valence-electron chi connectivity index (χ2n) is 9.95. The first-order chi connectivity index (χ1) is 16.1. The van der Waals surface area contributed by atoms with E-state index in [0.717, 1.165) is 12.8 Å². The Bertz CT molecular complexity index is 1340. The van der Waals surface area contributed by atoms with Crippen LogP contribution in [0.4, 0.5) is 4.39 Å². The number of aromatic nitrogens is 5. The number of aryl methyl sites for hydroxylation is 1. The van der Waals surface area contributed by atoms with Crippen molar-refractivity contribution in [2.75, 3.05) is 0 Å². The molecule has 8 nitrogen and oxygen atoms in total. The molecule has 0 saturated carbocycles. The third-order valence-corrected chi connectivity index (χ3v) is 7.25. The summed E-state index contributed by atoms with van der Waals surface area (Å²) in [4.78, 5) is 19.8. The summed E-state index contributed by atoms with van der Waals surface area (Å²) in [6.45, 7) is 8.26. The van der Waals surface area contributed by atoms with Crippen molar-refractivity contribution in [2.24, 2.45) is 13.0 Å². The molecule has 2 aliphatic rings. The van der Waals surface area contributed by atoms with Gasteiger partial charge in [-0.3, -0.25) is 4.57 Å². The molecule has 0 spiro atoms. The van der Waals surface area contributed by atoms with Crippen LogP contribution in [-0.4, -0.2) is 47.1 Å². The molecule has 0 aliphatic carbocycles. The molecule has 1 aromatic carbocycles. The van der Waals surface area contributed by atoms with Crippen LogP contribution >= 0.6 is 0 Å². The van der Waals surface area contributed by atoms with Crippen LogP contribution in [0.1, 0.15) is 38.8 Å². The molecule has 34 heavy (non-hydrogen) atoms. The second-order valence-corrected chi connectivity index (χ2v) is 9.95. The lowest BCUT2D eigenvalue weighted by molar-refractivity contribution is 0.0770. The van der Waals surface area contributed by atoms with Gasteiger partial charge in [-0.05, 0) is 62.9 Å². The van der Waals surface area contributed by atoms with Gasteiger partial charge in [0.15, 0.2) is 5.82 Å². The Balaban J connectivity index is 1.38. The number of phenolic OH excluding ortho intramolecular Hbond substituents is 1. The van der Waals surface area contributed by atoms with Crippen LogP contribution in [0.15, 0.2) is 48.0 Å². The quantitative estimate of drug-likeness (QED) is 0.613. The molecule has 2 aromatic heterocycles. The molecule has 176 valence electrons. The summed E-state index contributed by atoms with van der Waals surface area (Å²) >= 11 is 0. The normalized spacial score (nSPS) is 28.1. The Morgan fingerprint density at radius 3 is 2.71 bits per heavy atom. The zero-order valence-electron chi connectivity index (χ0n) is 19.4. The number of alkyl halides is 1. The van der Waals surface area contributed by atoms with Gasteiger partial charge < -0.3 is 10.4 Å². The number of benzene rings is 1. The number of hydrogen-bond acceptors (Lipinski definition) is 7. The maximum Gasteiger partial charge on any atom is 0.350 e. The molecule has 4 atom stereocenters. The van der Waals surface area contributed by atoms with Crippen LogP contribution in [0.3, 0.4) is 0 Å². The molecular formula is C25H27FN6O2. The number of piperidine rings is 1. The minimum absolute atomic E-state index is 0.0396. The van der Waals surface area contributed by atoms with Crippen LogP contribution in [-0.2, 0) is 7.05 Å². The zero-order valence-corrected chi connectivity index (χ0v) is 19.4. The number of aromatic hydroxyl groups is 1. The number of allylic oxidation sites excluding steroid dienone is 1. The van der Waals surface area contributed by atoms with Crippen molar-refractivity contribution in [1.82, 2.24) is 30.0 Å². The predicted octanol–water partition coefficient (Wildman–Crippen LogP) is 3.28. The molecule has 0 unspecified atom stereocenters. The van der Waals surface area contributed by atoms with E-state index in [1.807, 2.05) is 6.92 Å². The minimum atomic E-state index is -1.05. The van der Waals surface area contributed by atoms with Crippen LogP contribution < -0.4 is 11.0 Å². The molecule has 0 amide bonds. The topological polar surface area (TPSA) is 106 Å². The number of halogens is 1. The first-order valence-electron chi connectivity index (χ1n) is 11.3. The Labute approximate surface area is 196 Å². The molecule has 2 N–H and O–H groups in total. The molecular weight excluding hydrogens is 435 g/mol. The highest BCUT2D eigenvalue weighted by Crippen LogP contribution is 2.49. The Hall–Kier alpha value is -3.46. The first kappa shape index (κ1) is 22.3. The van der Waals surface area contributed by atoms with E-state index >= 15 is 4.39 Å². The van der Waals surface area contributed by atoms with Crippen molar-refractivity contribution >= 4 is 5.57 Å². The maximum atomic E-state index is 15.4. The van der Waals surface area contributed by atoms with E-state index in [1.54, 1.807) is 31.3 Å². The molecule has 2 fully saturated rings. The molecule has 2 bridgehead atoms. The Kier molecular flexibility index (Phi) is 5.12. The maximum absolute atomic E-state index is 15.4. The van der Waals surface area contributed by atoms with E-state index in [-0.39, 0.29) is 23.0 Å². The van der Waals surface area contributed by atoms with Crippen molar-refractivity contribution in [1.29, 1.82) is 0 Å². The fourth-order valence-electron chi connectivity index (χ4n) is 5.30. The third-order valence-electron chi connectivity index (χ3n) is 7.25. The smallest absolute Gasteiger partial charge is 0.350 e. The van der Waals surface area contributed by atoms with Crippen LogP contribution in [0, 0.1) is 5.92 Å². The molecule has 2 saturated heterocycles. The van der Waals surface area contributed by atoms with Gasteiger partial charge in [0.25, 0.3) is 0 Å². The minimum Gasteiger partial charge on any atom is -0.507 e. The van der Waals surface area contributed by atoms with E-state index in [4.69, 9.17) is 0 Å². The fraction of sp³-hybridized carbons (Fsp3) is 0.400. The summed E-state index contributed by atoms with van der Waals surface area (Å²) in [6.07, 6.45) is 2.74. The summed E-state index contributed by atoms with van der Waals surface area (Å²) in [5.74, 6) is -0.144. The Morgan fingerprint density at radius 1 is 1.24 bits per heavy atom. The summed E-state index contributed by atoms with van der Waals surface area (Å²) in [5, 5.41) is 22.7. The van der Waals surface area contributed by atoms with Gasteiger partial charge in [-0.25, -0.2) is 14.2 Å². The lowest BCUT2D eigenvalue weighted by atomic mass is 9.75. The highest BCUT2D eigenvalue weighted by Gasteiger charge is 2.55. The van der Waals surface area contributed by atoms with Crippen LogP contribution in [0.2, 0.25) is 0 Å². The van der Waals surface area contributed by atoms with E-state index in [0.29, 0.717) is 34.5 Å². The van der Waals surface area contributed by atoms with Gasteiger partial charge in [0, 0.05) is 35.2 Å². The summed E-state index contributed by atoms with van der Waals surface area (Å²) < 4.78 is 16.7. The lowest BCUT2D eigenvalue weighted by Gasteiger charge is -2.45. The second kappa shape index (κ2) is 7.80. The third kappa shape index (κ3) is 3.69. The number of hydrogen-bond donors (Lipinski definition) is 2. The highest BCUT2D eigenvalue weighted by molar-refractivity contribution is 5.72. The fourth-order valence-corrected chi connectivity index (χ4v) is 5.30. The van der Waals surface area contributed by atoms with E-state index in [1.165, 1.54) is 17.0 Å². The first-order valence-corrected chi connectivity index (χ1v) is 11.3. The number of nitrogens with zero attached hydrogens (tertiary/aromatic N) is 5. The summed E-state index contributed by atoms with van der Waals surface area (Å²) in [5.41, 5.74) is 1.56. The van der Waals surface area contributed by atoms with Crippen molar-refractivity contribution < 1.29 is 9.50 Å². The summed E-state index contributed by atoms with van der Waals surface area (Å²) in [6, 6.07) is 8.37. The van der Waals surface area contributed by atoms with Gasteiger partial charge >= 0.3 is 5.69 Å². The summed E-state index contributed by atoms with van der Waals surface area (Å²) in [7, 11) is 1.56. The van der Waals surface area contributed by atoms with Crippen LogP contribution in [0.25, 0.3) is 28.2 Å². The molecule has 9 heteroatoms. The number of phenols is 1. The van der Waals surface area contributed by atoms with E-state index in [2.05, 4.69) is 39.0 Å². The van der Waals surface area contributed by atoms with Crippen molar-refractivity contribution in [2.45, 2.75) is 50.4 Å². The largest absolute Gasteiger partial charge is 0.507 e. The molecule has 5 rings (SSSR count). The average molecular weight is 463 g/mol. The SMILES string of the molecule is C=C(c1ccc(-c2ccc(-c3ncn(C)c(=O)n3)cc2O)nn1)[C@@H]1C[C@@]2(C)CC[C@](C)(N2)[C@@H]1F. The molecule has 4 heterocycles. The van der Waals surface area contributed by atoms with Gasteiger partial charge in [-0.2, -0.15) is 10.1 Å². The van der Waals surface area contributed by atoms with Crippen molar-refractivity contribution in [3.63, 3.8) is 0 Å². The molecule has 2 aliphatic heterocycles.